The minimum atomic E-state index is -3.07. The lowest BCUT2D eigenvalue weighted by Crippen LogP contribution is -2.49. The Kier molecular flexibility index (Phi) is 5.10. The van der Waals surface area contributed by atoms with Crippen LogP contribution in [0.1, 0.15) is 37.3 Å². The van der Waals surface area contributed by atoms with Crippen molar-refractivity contribution < 1.29 is 18.0 Å². The van der Waals surface area contributed by atoms with Crippen LogP contribution in [0.15, 0.2) is 24.3 Å². The van der Waals surface area contributed by atoms with E-state index in [-0.39, 0.29) is 29.4 Å². The fourth-order valence-electron chi connectivity index (χ4n) is 3.70. The SMILES string of the molecule is CCN(C(=O)C1(C(=O)NCc2cccc(C)c2)CC1)C1CCS(=O)(=O)C1. The van der Waals surface area contributed by atoms with Crippen LogP contribution in [0.4, 0.5) is 0 Å². The highest BCUT2D eigenvalue weighted by Crippen LogP contribution is 2.48. The fourth-order valence-corrected chi connectivity index (χ4v) is 5.43. The normalized spacial score (nSPS) is 22.6. The molecule has 2 aliphatic rings. The predicted octanol–water partition coefficient (Wildman–Crippen LogP) is 1.43. The van der Waals surface area contributed by atoms with Gasteiger partial charge in [0, 0.05) is 19.1 Å². The van der Waals surface area contributed by atoms with Gasteiger partial charge in [-0.15, -0.1) is 0 Å². The minimum Gasteiger partial charge on any atom is -0.351 e. The van der Waals surface area contributed by atoms with E-state index in [9.17, 15) is 18.0 Å². The van der Waals surface area contributed by atoms with Crippen LogP contribution in [0.3, 0.4) is 0 Å². The van der Waals surface area contributed by atoms with Gasteiger partial charge in [0.25, 0.3) is 0 Å². The fraction of sp³-hybridized carbons (Fsp3) is 0.579. The van der Waals surface area contributed by atoms with E-state index in [2.05, 4.69) is 5.32 Å². The van der Waals surface area contributed by atoms with E-state index in [0.29, 0.717) is 32.4 Å². The highest BCUT2D eigenvalue weighted by molar-refractivity contribution is 7.91. The van der Waals surface area contributed by atoms with Crippen molar-refractivity contribution in [2.75, 3.05) is 18.1 Å². The van der Waals surface area contributed by atoms with Gasteiger partial charge < -0.3 is 10.2 Å². The number of carbonyl (C=O) groups excluding carboxylic acids is 2. The van der Waals surface area contributed by atoms with Crippen molar-refractivity contribution in [2.24, 2.45) is 5.41 Å². The van der Waals surface area contributed by atoms with Crippen LogP contribution in [-0.4, -0.2) is 49.2 Å². The molecule has 1 atom stereocenters. The van der Waals surface area contributed by atoms with Crippen LogP contribution in [0.25, 0.3) is 0 Å². The number of nitrogens with zero attached hydrogens (tertiary/aromatic N) is 1. The van der Waals surface area contributed by atoms with Crippen molar-refractivity contribution >= 4 is 21.7 Å². The van der Waals surface area contributed by atoms with Crippen molar-refractivity contribution in [3.63, 3.8) is 0 Å². The average molecular weight is 378 g/mol. The molecule has 1 heterocycles. The zero-order chi connectivity index (χ0) is 18.9. The van der Waals surface area contributed by atoms with Crippen LogP contribution >= 0.6 is 0 Å². The topological polar surface area (TPSA) is 83.6 Å². The predicted molar refractivity (Wildman–Crippen MR) is 99.1 cm³/mol. The Morgan fingerprint density at radius 2 is 2.04 bits per heavy atom. The lowest BCUT2D eigenvalue weighted by atomic mass is 10.0. The molecular formula is C19H26N2O4S. The highest BCUT2D eigenvalue weighted by Gasteiger charge is 2.58. The maximum atomic E-state index is 13.0. The third-order valence-corrected chi connectivity index (χ3v) is 7.13. The highest BCUT2D eigenvalue weighted by atomic mass is 32.2. The quantitative estimate of drug-likeness (QED) is 0.759. The molecule has 2 amide bonds. The Bertz CT molecular complexity index is 815. The molecule has 1 unspecified atom stereocenters. The third-order valence-electron chi connectivity index (χ3n) is 5.38. The summed E-state index contributed by atoms with van der Waals surface area (Å²) in [7, 11) is -3.07. The van der Waals surface area contributed by atoms with E-state index >= 15 is 0 Å². The summed E-state index contributed by atoms with van der Waals surface area (Å²) in [4.78, 5) is 27.3. The van der Waals surface area contributed by atoms with E-state index in [4.69, 9.17) is 0 Å². The molecule has 6 nitrogen and oxygen atoms in total. The van der Waals surface area contributed by atoms with Gasteiger partial charge in [-0.05, 0) is 38.7 Å². The number of aryl methyl sites for hydroxylation is 1. The standard InChI is InChI=1S/C19H26N2O4S/c1-3-21(16-7-10-26(24,25)13-16)18(23)19(8-9-19)17(22)20-12-15-6-4-5-14(2)11-15/h4-6,11,16H,3,7-10,12-13H2,1-2H3,(H,20,22). The summed E-state index contributed by atoms with van der Waals surface area (Å²) in [5.41, 5.74) is 1.11. The largest absolute Gasteiger partial charge is 0.351 e. The number of amides is 2. The summed E-state index contributed by atoms with van der Waals surface area (Å²) in [6, 6.07) is 7.57. The monoisotopic (exact) mass is 378 g/mol. The van der Waals surface area contributed by atoms with Crippen LogP contribution in [0.5, 0.6) is 0 Å². The maximum absolute atomic E-state index is 13.0. The molecule has 1 aromatic rings. The molecule has 0 radical (unpaired) electrons. The molecule has 1 aliphatic carbocycles. The van der Waals surface area contributed by atoms with E-state index in [1.54, 1.807) is 4.90 Å². The molecule has 1 saturated carbocycles. The summed E-state index contributed by atoms with van der Waals surface area (Å²) in [5.74, 6) is -0.339. The number of carbonyl (C=O) groups is 2. The van der Waals surface area contributed by atoms with Gasteiger partial charge in [-0.1, -0.05) is 29.8 Å². The molecule has 1 N–H and O–H groups in total. The van der Waals surface area contributed by atoms with Gasteiger partial charge >= 0.3 is 0 Å². The second-order valence-electron chi connectivity index (χ2n) is 7.40. The lowest BCUT2D eigenvalue weighted by Gasteiger charge is -2.30. The average Bonchev–Trinajstić information content (AvgIpc) is 3.33. The number of benzene rings is 1. The molecule has 0 aromatic heterocycles. The maximum Gasteiger partial charge on any atom is 0.238 e. The molecule has 1 aliphatic heterocycles. The van der Waals surface area contributed by atoms with Gasteiger partial charge in [0.2, 0.25) is 11.8 Å². The Balaban J connectivity index is 1.66. The van der Waals surface area contributed by atoms with E-state index in [0.717, 1.165) is 11.1 Å². The summed E-state index contributed by atoms with van der Waals surface area (Å²) in [6.07, 6.45) is 1.52. The molecule has 0 bridgehead atoms. The summed E-state index contributed by atoms with van der Waals surface area (Å²) < 4.78 is 23.5. The van der Waals surface area contributed by atoms with Gasteiger partial charge in [0.05, 0.1) is 11.5 Å². The number of nitrogens with one attached hydrogen (secondary N) is 1. The van der Waals surface area contributed by atoms with Crippen LogP contribution in [0.2, 0.25) is 0 Å². The summed E-state index contributed by atoms with van der Waals surface area (Å²) in [6.45, 7) is 4.64. The molecule has 1 saturated heterocycles. The van der Waals surface area contributed by atoms with Gasteiger partial charge in [0.15, 0.2) is 9.84 Å². The minimum absolute atomic E-state index is 0.00751. The number of sulfone groups is 1. The van der Waals surface area contributed by atoms with Gasteiger partial charge in [-0.3, -0.25) is 9.59 Å². The second-order valence-corrected chi connectivity index (χ2v) is 9.63. The number of rotatable bonds is 6. The van der Waals surface area contributed by atoms with Crippen molar-refractivity contribution in [3.8, 4) is 0 Å². The Morgan fingerprint density at radius 3 is 2.58 bits per heavy atom. The lowest BCUT2D eigenvalue weighted by molar-refractivity contribution is -0.145. The van der Waals surface area contributed by atoms with E-state index in [1.807, 2.05) is 38.1 Å². The van der Waals surface area contributed by atoms with Crippen molar-refractivity contribution in [1.29, 1.82) is 0 Å². The first-order valence-electron chi connectivity index (χ1n) is 9.13. The first kappa shape index (κ1) is 18.9. The van der Waals surface area contributed by atoms with Crippen molar-refractivity contribution in [2.45, 2.75) is 45.7 Å². The van der Waals surface area contributed by atoms with E-state index < -0.39 is 15.3 Å². The number of hydrogen-bond acceptors (Lipinski definition) is 4. The van der Waals surface area contributed by atoms with Crippen molar-refractivity contribution in [3.05, 3.63) is 35.4 Å². The van der Waals surface area contributed by atoms with Crippen LogP contribution in [0, 0.1) is 12.3 Å². The Labute approximate surface area is 154 Å². The summed E-state index contributed by atoms with van der Waals surface area (Å²) >= 11 is 0. The van der Waals surface area contributed by atoms with Gasteiger partial charge in [0.1, 0.15) is 5.41 Å². The second kappa shape index (κ2) is 7.02. The van der Waals surface area contributed by atoms with Gasteiger partial charge in [-0.25, -0.2) is 8.42 Å². The third kappa shape index (κ3) is 3.77. The first-order valence-corrected chi connectivity index (χ1v) is 10.9. The molecule has 2 fully saturated rings. The zero-order valence-corrected chi connectivity index (χ0v) is 16.1. The van der Waals surface area contributed by atoms with Gasteiger partial charge in [-0.2, -0.15) is 0 Å². The Hall–Kier alpha value is -1.89. The molecule has 1 aromatic carbocycles. The molecule has 7 heteroatoms. The zero-order valence-electron chi connectivity index (χ0n) is 15.3. The summed E-state index contributed by atoms with van der Waals surface area (Å²) in [5, 5.41) is 2.89. The molecule has 3 rings (SSSR count). The molecule has 26 heavy (non-hydrogen) atoms. The smallest absolute Gasteiger partial charge is 0.238 e. The number of hydrogen-bond donors (Lipinski definition) is 1. The Morgan fingerprint density at radius 1 is 1.31 bits per heavy atom. The van der Waals surface area contributed by atoms with Crippen LogP contribution < -0.4 is 5.32 Å². The molecule has 0 spiro atoms. The molecule has 142 valence electrons. The van der Waals surface area contributed by atoms with E-state index in [1.165, 1.54) is 0 Å². The van der Waals surface area contributed by atoms with Crippen molar-refractivity contribution in [1.82, 2.24) is 10.2 Å². The first-order chi connectivity index (χ1) is 12.3. The van der Waals surface area contributed by atoms with Crippen LogP contribution in [-0.2, 0) is 26.0 Å². The molecular weight excluding hydrogens is 352 g/mol.